The molecule has 2 heterocycles. The van der Waals surface area contributed by atoms with E-state index in [1.165, 1.54) is 5.56 Å². The number of ether oxygens (including phenoxy) is 1. The highest BCUT2D eigenvalue weighted by Crippen LogP contribution is 2.26. The lowest BCUT2D eigenvalue weighted by molar-refractivity contribution is 0.0913. The molecule has 1 aliphatic heterocycles. The molecule has 1 aromatic heterocycles. The predicted octanol–water partition coefficient (Wildman–Crippen LogP) is 2.49. The van der Waals surface area contributed by atoms with E-state index in [4.69, 9.17) is 4.74 Å². The van der Waals surface area contributed by atoms with Crippen molar-refractivity contribution in [2.24, 2.45) is 0 Å². The van der Waals surface area contributed by atoms with Gasteiger partial charge in [0.15, 0.2) is 0 Å². The third-order valence-corrected chi connectivity index (χ3v) is 3.88. The monoisotopic (exact) mass is 299 g/mol. The third kappa shape index (κ3) is 3.30. The van der Waals surface area contributed by atoms with Gasteiger partial charge in [0, 0.05) is 5.69 Å². The number of carbonyl (C=O) groups excluding carboxylic acids is 1. The lowest BCUT2D eigenvalue weighted by Crippen LogP contribution is -2.37. The number of aromatic nitrogens is 2. The first-order valence-electron chi connectivity index (χ1n) is 7.83. The van der Waals surface area contributed by atoms with Crippen molar-refractivity contribution in [2.45, 2.75) is 38.7 Å². The van der Waals surface area contributed by atoms with Crippen LogP contribution in [-0.4, -0.2) is 28.8 Å². The smallest absolute Gasteiger partial charge is 0.271 e. The van der Waals surface area contributed by atoms with Gasteiger partial charge in [-0.25, -0.2) is 0 Å². The van der Waals surface area contributed by atoms with Gasteiger partial charge in [-0.05, 0) is 37.0 Å². The van der Waals surface area contributed by atoms with E-state index in [0.29, 0.717) is 12.2 Å². The van der Waals surface area contributed by atoms with E-state index in [9.17, 15) is 4.79 Å². The largest absolute Gasteiger partial charge is 0.488 e. The average Bonchev–Trinajstić information content (AvgIpc) is 3.01. The van der Waals surface area contributed by atoms with Gasteiger partial charge >= 0.3 is 0 Å². The summed E-state index contributed by atoms with van der Waals surface area (Å²) in [7, 11) is 0. The van der Waals surface area contributed by atoms with E-state index >= 15 is 0 Å². The molecule has 0 bridgehead atoms. The SMILES string of the molecule is CCCc1cc(C(=O)NC[C@H]2CCc3ccccc3O2)n[nH]1. The predicted molar refractivity (Wildman–Crippen MR) is 84.1 cm³/mol. The molecule has 1 amide bonds. The number of para-hydroxylation sites is 1. The van der Waals surface area contributed by atoms with E-state index in [1.807, 2.05) is 24.3 Å². The lowest BCUT2D eigenvalue weighted by Gasteiger charge is -2.26. The van der Waals surface area contributed by atoms with Gasteiger partial charge in [0.05, 0.1) is 6.54 Å². The summed E-state index contributed by atoms with van der Waals surface area (Å²) in [4.78, 5) is 12.1. The van der Waals surface area contributed by atoms with Gasteiger partial charge in [0.1, 0.15) is 17.5 Å². The molecule has 0 saturated carbocycles. The number of amides is 1. The Bertz CT molecular complexity index is 651. The van der Waals surface area contributed by atoms with Crippen molar-refractivity contribution in [3.8, 4) is 5.75 Å². The van der Waals surface area contributed by atoms with Crippen LogP contribution >= 0.6 is 0 Å². The maximum atomic E-state index is 12.1. The highest BCUT2D eigenvalue weighted by Gasteiger charge is 2.20. The van der Waals surface area contributed by atoms with Crippen molar-refractivity contribution in [2.75, 3.05) is 6.54 Å². The van der Waals surface area contributed by atoms with E-state index in [1.54, 1.807) is 0 Å². The minimum atomic E-state index is -0.152. The van der Waals surface area contributed by atoms with Gasteiger partial charge in [-0.15, -0.1) is 0 Å². The molecule has 2 aromatic rings. The lowest BCUT2D eigenvalue weighted by atomic mass is 10.0. The molecule has 22 heavy (non-hydrogen) atoms. The number of fused-ring (bicyclic) bond motifs is 1. The second-order valence-electron chi connectivity index (χ2n) is 5.62. The highest BCUT2D eigenvalue weighted by molar-refractivity contribution is 5.92. The molecule has 0 unspecified atom stereocenters. The van der Waals surface area contributed by atoms with Crippen LogP contribution in [0.15, 0.2) is 30.3 Å². The first kappa shape index (κ1) is 14.6. The Kier molecular flexibility index (Phi) is 4.42. The van der Waals surface area contributed by atoms with E-state index in [2.05, 4.69) is 28.5 Å². The Morgan fingerprint density at radius 1 is 1.45 bits per heavy atom. The first-order chi connectivity index (χ1) is 10.8. The molecule has 5 nitrogen and oxygen atoms in total. The fourth-order valence-electron chi connectivity index (χ4n) is 2.70. The maximum Gasteiger partial charge on any atom is 0.271 e. The molecular weight excluding hydrogens is 278 g/mol. The van der Waals surface area contributed by atoms with Crippen molar-refractivity contribution in [3.63, 3.8) is 0 Å². The number of H-pyrrole nitrogens is 1. The van der Waals surface area contributed by atoms with Gasteiger partial charge in [-0.2, -0.15) is 5.10 Å². The normalized spacial score (nSPS) is 16.7. The first-order valence-corrected chi connectivity index (χ1v) is 7.83. The number of nitrogens with one attached hydrogen (secondary N) is 2. The summed E-state index contributed by atoms with van der Waals surface area (Å²) in [6, 6.07) is 9.88. The summed E-state index contributed by atoms with van der Waals surface area (Å²) < 4.78 is 5.92. The van der Waals surface area contributed by atoms with Crippen LogP contribution < -0.4 is 10.1 Å². The summed E-state index contributed by atoms with van der Waals surface area (Å²) in [5.74, 6) is 0.777. The zero-order valence-electron chi connectivity index (χ0n) is 12.8. The molecule has 2 N–H and O–H groups in total. The Morgan fingerprint density at radius 3 is 3.18 bits per heavy atom. The average molecular weight is 299 g/mol. The van der Waals surface area contributed by atoms with Crippen molar-refractivity contribution in [3.05, 3.63) is 47.3 Å². The van der Waals surface area contributed by atoms with Gasteiger partial charge in [0.2, 0.25) is 0 Å². The summed E-state index contributed by atoms with van der Waals surface area (Å²) in [5, 5.41) is 9.86. The number of rotatable bonds is 5. The van der Waals surface area contributed by atoms with E-state index in [0.717, 1.165) is 37.1 Å². The van der Waals surface area contributed by atoms with Crippen LogP contribution in [0.25, 0.3) is 0 Å². The molecule has 0 aliphatic carbocycles. The van der Waals surface area contributed by atoms with E-state index < -0.39 is 0 Å². The Hall–Kier alpha value is -2.30. The van der Waals surface area contributed by atoms with Crippen LogP contribution in [-0.2, 0) is 12.8 Å². The molecule has 1 aliphatic rings. The molecule has 116 valence electrons. The van der Waals surface area contributed by atoms with Gasteiger partial charge in [0.25, 0.3) is 5.91 Å². The fourth-order valence-corrected chi connectivity index (χ4v) is 2.70. The number of aryl methyl sites for hydroxylation is 2. The standard InChI is InChI=1S/C17H21N3O2/c1-2-5-13-10-15(20-19-13)17(21)18-11-14-9-8-12-6-3-4-7-16(12)22-14/h3-4,6-7,10,14H,2,5,8-9,11H2,1H3,(H,18,21)(H,19,20)/t14-/m1/s1. The molecule has 5 heteroatoms. The van der Waals surface area contributed by atoms with Gasteiger partial charge < -0.3 is 10.1 Å². The molecular formula is C17H21N3O2. The second kappa shape index (κ2) is 6.64. The summed E-state index contributed by atoms with van der Waals surface area (Å²) in [6.45, 7) is 2.60. The number of benzene rings is 1. The maximum absolute atomic E-state index is 12.1. The van der Waals surface area contributed by atoms with E-state index in [-0.39, 0.29) is 12.0 Å². The zero-order chi connectivity index (χ0) is 15.4. The number of hydrogen-bond donors (Lipinski definition) is 2. The highest BCUT2D eigenvalue weighted by atomic mass is 16.5. The molecule has 0 fully saturated rings. The number of carbonyl (C=O) groups is 1. The van der Waals surface area contributed by atoms with Crippen LogP contribution in [0.4, 0.5) is 0 Å². The van der Waals surface area contributed by atoms with Crippen LogP contribution in [0.1, 0.15) is 41.5 Å². The topological polar surface area (TPSA) is 67.0 Å². The van der Waals surface area contributed by atoms with Crippen LogP contribution in [0.5, 0.6) is 5.75 Å². The summed E-state index contributed by atoms with van der Waals surface area (Å²) >= 11 is 0. The minimum absolute atomic E-state index is 0.0212. The van der Waals surface area contributed by atoms with Gasteiger partial charge in [-0.3, -0.25) is 9.89 Å². The molecule has 0 saturated heterocycles. The molecule has 1 aromatic carbocycles. The fraction of sp³-hybridized carbons (Fsp3) is 0.412. The number of hydrogen-bond acceptors (Lipinski definition) is 3. The Balaban J connectivity index is 1.53. The quantitative estimate of drug-likeness (QED) is 0.891. The zero-order valence-corrected chi connectivity index (χ0v) is 12.8. The molecule has 0 spiro atoms. The second-order valence-corrected chi connectivity index (χ2v) is 5.62. The molecule has 0 radical (unpaired) electrons. The molecule has 3 rings (SSSR count). The number of nitrogens with zero attached hydrogens (tertiary/aromatic N) is 1. The van der Waals surface area contributed by atoms with Crippen LogP contribution in [0, 0.1) is 0 Å². The van der Waals surface area contributed by atoms with Gasteiger partial charge in [-0.1, -0.05) is 31.5 Å². The summed E-state index contributed by atoms with van der Waals surface area (Å²) in [6.07, 6.45) is 3.85. The minimum Gasteiger partial charge on any atom is -0.488 e. The Morgan fingerprint density at radius 2 is 2.32 bits per heavy atom. The third-order valence-electron chi connectivity index (χ3n) is 3.88. The number of aromatic amines is 1. The molecule has 1 atom stereocenters. The van der Waals surface area contributed by atoms with Crippen molar-refractivity contribution in [1.29, 1.82) is 0 Å². The van der Waals surface area contributed by atoms with Crippen molar-refractivity contribution in [1.82, 2.24) is 15.5 Å². The van der Waals surface area contributed by atoms with Crippen molar-refractivity contribution >= 4 is 5.91 Å². The van der Waals surface area contributed by atoms with Crippen LogP contribution in [0.2, 0.25) is 0 Å². The van der Waals surface area contributed by atoms with Crippen LogP contribution in [0.3, 0.4) is 0 Å². The Labute approximate surface area is 130 Å². The van der Waals surface area contributed by atoms with Crippen molar-refractivity contribution < 1.29 is 9.53 Å². The summed E-state index contributed by atoms with van der Waals surface area (Å²) in [5.41, 5.74) is 2.68.